The monoisotopic (exact) mass is 460 g/mol. The second-order valence-electron chi connectivity index (χ2n) is 7.34. The van der Waals surface area contributed by atoms with Crippen LogP contribution in [0.25, 0.3) is 31.6 Å². The maximum atomic E-state index is 13.2. The Bertz CT molecular complexity index is 1540. The van der Waals surface area contributed by atoms with Gasteiger partial charge in [-0.15, -0.1) is 11.3 Å². The third-order valence-corrected chi connectivity index (χ3v) is 6.48. The number of aromatic nitrogens is 3. The van der Waals surface area contributed by atoms with Crippen molar-refractivity contribution in [2.75, 3.05) is 5.32 Å². The van der Waals surface area contributed by atoms with Gasteiger partial charge >= 0.3 is 0 Å². The number of hydrogen-bond acceptors (Lipinski definition) is 5. The number of nitrogens with one attached hydrogen (secondary N) is 1. The quantitative estimate of drug-likeness (QED) is 0.396. The van der Waals surface area contributed by atoms with Gasteiger partial charge in [0.15, 0.2) is 0 Å². The van der Waals surface area contributed by atoms with Crippen LogP contribution in [0, 0.1) is 6.92 Å². The van der Waals surface area contributed by atoms with Crippen LogP contribution in [-0.2, 0) is 11.3 Å². The molecule has 0 fully saturated rings. The normalized spacial score (nSPS) is 11.2. The average molecular weight is 461 g/mol. The number of carbonyl (C=O) groups excluding carboxylic acids is 1. The lowest BCUT2D eigenvalue weighted by atomic mass is 10.0. The number of anilines is 1. The van der Waals surface area contributed by atoms with Gasteiger partial charge in [0, 0.05) is 11.1 Å². The van der Waals surface area contributed by atoms with Crippen LogP contribution in [0.2, 0.25) is 5.02 Å². The average Bonchev–Trinajstić information content (AvgIpc) is 3.16. The Balaban J connectivity index is 1.57. The van der Waals surface area contributed by atoms with Crippen molar-refractivity contribution >= 4 is 55.0 Å². The molecule has 5 rings (SSSR count). The summed E-state index contributed by atoms with van der Waals surface area (Å²) < 4.78 is 1.78. The fourth-order valence-electron chi connectivity index (χ4n) is 3.65. The van der Waals surface area contributed by atoms with Gasteiger partial charge in [-0.25, -0.2) is 9.97 Å². The number of para-hydroxylation sites is 1. The lowest BCUT2D eigenvalue weighted by Gasteiger charge is -2.08. The van der Waals surface area contributed by atoms with Crippen molar-refractivity contribution in [3.05, 3.63) is 88.1 Å². The Morgan fingerprint density at radius 3 is 2.66 bits per heavy atom. The zero-order valence-corrected chi connectivity index (χ0v) is 18.6. The summed E-state index contributed by atoms with van der Waals surface area (Å²) in [6.45, 7) is 1.76. The number of fused-ring (bicyclic) bond motifs is 3. The number of amides is 1. The van der Waals surface area contributed by atoms with Crippen LogP contribution in [0.4, 0.5) is 5.69 Å². The highest BCUT2D eigenvalue weighted by Crippen LogP contribution is 2.37. The van der Waals surface area contributed by atoms with E-state index in [2.05, 4.69) is 15.3 Å². The lowest BCUT2D eigenvalue weighted by molar-refractivity contribution is -0.116. The molecule has 0 radical (unpaired) electrons. The summed E-state index contributed by atoms with van der Waals surface area (Å²) in [4.78, 5) is 35.6. The number of hydrogen-bond donors (Lipinski definition) is 1. The number of nitrogens with zero attached hydrogens (tertiary/aromatic N) is 3. The molecule has 158 valence electrons. The maximum Gasteiger partial charge on any atom is 0.271 e. The fourth-order valence-corrected chi connectivity index (χ4v) is 4.98. The van der Waals surface area contributed by atoms with E-state index in [0.29, 0.717) is 20.9 Å². The first-order chi connectivity index (χ1) is 15.5. The Hall–Kier alpha value is -3.55. The van der Waals surface area contributed by atoms with Crippen molar-refractivity contribution in [1.29, 1.82) is 0 Å². The van der Waals surface area contributed by atoms with Crippen LogP contribution < -0.4 is 10.9 Å². The number of benzene rings is 2. The van der Waals surface area contributed by atoms with Crippen LogP contribution in [0.15, 0.2) is 71.8 Å². The molecular formula is C24H17ClN4O2S. The molecule has 1 N–H and O–H groups in total. The predicted octanol–water partition coefficient (Wildman–Crippen LogP) is 5.27. The largest absolute Gasteiger partial charge is 0.323 e. The summed E-state index contributed by atoms with van der Waals surface area (Å²) in [5.74, 6) is -0.360. The summed E-state index contributed by atoms with van der Waals surface area (Å²) in [7, 11) is 0. The second-order valence-corrected chi connectivity index (χ2v) is 8.75. The maximum absolute atomic E-state index is 13.2. The smallest absolute Gasteiger partial charge is 0.271 e. The molecule has 0 spiro atoms. The molecule has 0 aliphatic heterocycles. The van der Waals surface area contributed by atoms with E-state index in [9.17, 15) is 9.59 Å². The van der Waals surface area contributed by atoms with Crippen molar-refractivity contribution in [1.82, 2.24) is 14.5 Å². The number of thiophene rings is 1. The molecule has 2 aromatic carbocycles. The van der Waals surface area contributed by atoms with Gasteiger partial charge in [-0.05, 0) is 36.2 Å². The minimum absolute atomic E-state index is 0.167. The number of aryl methyl sites for hydroxylation is 1. The zero-order valence-electron chi connectivity index (χ0n) is 17.0. The van der Waals surface area contributed by atoms with Crippen molar-refractivity contribution in [2.45, 2.75) is 13.5 Å². The molecule has 32 heavy (non-hydrogen) atoms. The summed E-state index contributed by atoms with van der Waals surface area (Å²) in [6.07, 6.45) is 1.41. The van der Waals surface area contributed by atoms with Gasteiger partial charge in [-0.3, -0.25) is 14.2 Å². The third-order valence-electron chi connectivity index (χ3n) is 5.09. The number of carbonyl (C=O) groups is 1. The van der Waals surface area contributed by atoms with Crippen LogP contribution in [0.3, 0.4) is 0 Å². The van der Waals surface area contributed by atoms with Crippen LogP contribution in [-0.4, -0.2) is 20.4 Å². The lowest BCUT2D eigenvalue weighted by Crippen LogP contribution is -2.27. The molecule has 3 heterocycles. The summed E-state index contributed by atoms with van der Waals surface area (Å²) in [5, 5.41) is 4.02. The van der Waals surface area contributed by atoms with E-state index in [1.807, 2.05) is 43.3 Å². The van der Waals surface area contributed by atoms with Gasteiger partial charge in [0.2, 0.25) is 5.91 Å². The van der Waals surface area contributed by atoms with Gasteiger partial charge in [0.1, 0.15) is 16.1 Å². The van der Waals surface area contributed by atoms with Gasteiger partial charge in [0.05, 0.1) is 22.6 Å². The van der Waals surface area contributed by atoms with E-state index in [1.165, 1.54) is 22.2 Å². The topological polar surface area (TPSA) is 76.9 Å². The van der Waals surface area contributed by atoms with E-state index in [-0.39, 0.29) is 18.0 Å². The minimum atomic E-state index is -0.360. The Morgan fingerprint density at radius 2 is 1.88 bits per heavy atom. The van der Waals surface area contributed by atoms with E-state index < -0.39 is 0 Å². The van der Waals surface area contributed by atoms with Crippen LogP contribution in [0.5, 0.6) is 0 Å². The molecule has 0 atom stereocenters. The Labute approximate surface area is 192 Å². The standard InChI is InChI=1S/C24H17ClN4O2S/c1-14-11-16(15-7-3-2-4-8-15)20-21-22(32-23(20)27-14)24(31)29(13-26-21)12-19(30)28-18-10-6-5-9-17(18)25/h2-11,13H,12H2,1H3,(H,28,30). The molecule has 0 aliphatic carbocycles. The predicted molar refractivity (Wildman–Crippen MR) is 129 cm³/mol. The number of halogens is 1. The van der Waals surface area contributed by atoms with Crippen molar-refractivity contribution in [2.24, 2.45) is 0 Å². The highest BCUT2D eigenvalue weighted by molar-refractivity contribution is 7.25. The van der Waals surface area contributed by atoms with Crippen LogP contribution in [0.1, 0.15) is 5.69 Å². The van der Waals surface area contributed by atoms with Gasteiger partial charge in [-0.1, -0.05) is 54.1 Å². The highest BCUT2D eigenvalue weighted by atomic mass is 35.5. The van der Waals surface area contributed by atoms with Crippen molar-refractivity contribution < 1.29 is 4.79 Å². The van der Waals surface area contributed by atoms with Crippen molar-refractivity contribution in [3.63, 3.8) is 0 Å². The molecular weight excluding hydrogens is 444 g/mol. The second kappa shape index (κ2) is 8.18. The molecule has 6 nitrogen and oxygen atoms in total. The molecule has 1 amide bonds. The van der Waals surface area contributed by atoms with Gasteiger partial charge in [0.25, 0.3) is 5.56 Å². The number of pyridine rings is 1. The molecule has 0 saturated carbocycles. The zero-order chi connectivity index (χ0) is 22.2. The Kier molecular flexibility index (Phi) is 5.20. The van der Waals surface area contributed by atoms with Gasteiger partial charge in [-0.2, -0.15) is 0 Å². The van der Waals surface area contributed by atoms with E-state index in [4.69, 9.17) is 11.6 Å². The summed E-state index contributed by atoms with van der Waals surface area (Å²) in [6, 6.07) is 18.9. The molecule has 8 heteroatoms. The summed E-state index contributed by atoms with van der Waals surface area (Å²) in [5.41, 5.74) is 3.71. The minimum Gasteiger partial charge on any atom is -0.323 e. The molecule has 5 aromatic rings. The third kappa shape index (κ3) is 3.66. The first-order valence-corrected chi connectivity index (χ1v) is 11.1. The fraction of sp³-hybridized carbons (Fsp3) is 0.0833. The molecule has 0 aliphatic rings. The molecule has 3 aromatic heterocycles. The molecule has 0 bridgehead atoms. The summed E-state index contributed by atoms with van der Waals surface area (Å²) >= 11 is 7.40. The number of rotatable bonds is 4. The van der Waals surface area contributed by atoms with E-state index in [0.717, 1.165) is 27.0 Å². The Morgan fingerprint density at radius 1 is 1.12 bits per heavy atom. The van der Waals surface area contributed by atoms with Crippen LogP contribution >= 0.6 is 22.9 Å². The SMILES string of the molecule is Cc1cc(-c2ccccc2)c2c(n1)sc1c(=O)n(CC(=O)Nc3ccccc3Cl)cnc12. The molecule has 0 unspecified atom stereocenters. The van der Waals surface area contributed by atoms with Gasteiger partial charge < -0.3 is 5.32 Å². The van der Waals surface area contributed by atoms with Crippen molar-refractivity contribution in [3.8, 4) is 11.1 Å². The van der Waals surface area contributed by atoms with E-state index >= 15 is 0 Å². The first-order valence-electron chi connectivity index (χ1n) is 9.90. The van der Waals surface area contributed by atoms with E-state index in [1.54, 1.807) is 24.3 Å². The first kappa shape index (κ1) is 20.4. The molecule has 0 saturated heterocycles. The highest BCUT2D eigenvalue weighted by Gasteiger charge is 2.18.